The predicted molar refractivity (Wildman–Crippen MR) is 115 cm³/mol. The summed E-state index contributed by atoms with van der Waals surface area (Å²) in [5, 5.41) is 14.3. The van der Waals surface area contributed by atoms with Crippen LogP contribution in [-0.4, -0.2) is 35.7 Å². The molecule has 0 saturated carbocycles. The number of nitrogens with two attached hydrogens (primary N) is 1. The van der Waals surface area contributed by atoms with Gasteiger partial charge in [-0.1, -0.05) is 6.07 Å². The highest BCUT2D eigenvalue weighted by Crippen LogP contribution is 2.25. The maximum Gasteiger partial charge on any atom is 0.188 e. The first-order valence-electron chi connectivity index (χ1n) is 9.27. The van der Waals surface area contributed by atoms with Gasteiger partial charge in [0.25, 0.3) is 0 Å². The molecule has 9 heteroatoms. The number of Topliss-reactive ketones (excluding diaryl/α,β-unsaturated/α-hetero) is 1. The van der Waals surface area contributed by atoms with E-state index in [4.69, 9.17) is 5.73 Å². The molecule has 4 heterocycles. The third kappa shape index (κ3) is 3.58. The van der Waals surface area contributed by atoms with Gasteiger partial charge in [0, 0.05) is 35.1 Å². The maximum absolute atomic E-state index is 12.9. The average Bonchev–Trinajstić information content (AvgIpc) is 3.50. The van der Waals surface area contributed by atoms with Gasteiger partial charge in [-0.2, -0.15) is 10.2 Å². The van der Waals surface area contributed by atoms with Crippen LogP contribution < -0.4 is 5.73 Å². The quantitative estimate of drug-likeness (QED) is 0.411. The molecular formula is C21H17N7OS. The number of ketones is 1. The fourth-order valence-corrected chi connectivity index (χ4v) is 3.87. The van der Waals surface area contributed by atoms with Crippen LogP contribution in [0.2, 0.25) is 0 Å². The zero-order valence-corrected chi connectivity index (χ0v) is 16.6. The minimum atomic E-state index is -0.0589. The highest BCUT2D eigenvalue weighted by Gasteiger charge is 2.16. The topological polar surface area (TPSA) is 115 Å². The molecule has 0 aliphatic heterocycles. The number of carbonyl (C=O) groups excluding carboxylic acids is 1. The van der Waals surface area contributed by atoms with Gasteiger partial charge in [-0.15, -0.1) is 11.3 Å². The lowest BCUT2D eigenvalue weighted by atomic mass is 10.0. The molecule has 0 bridgehead atoms. The highest BCUT2D eigenvalue weighted by atomic mass is 32.1. The Morgan fingerprint density at radius 2 is 2.03 bits per heavy atom. The van der Waals surface area contributed by atoms with Crippen LogP contribution in [0.15, 0.2) is 59.8 Å². The molecule has 5 aromatic rings. The molecule has 0 aliphatic carbocycles. The number of aromatic amines is 1. The van der Waals surface area contributed by atoms with Crippen molar-refractivity contribution in [1.82, 2.24) is 29.9 Å². The number of aromatic nitrogens is 6. The minimum Gasteiger partial charge on any atom is -0.384 e. The third-order valence-electron chi connectivity index (χ3n) is 4.81. The summed E-state index contributed by atoms with van der Waals surface area (Å²) in [6, 6.07) is 9.49. The zero-order chi connectivity index (χ0) is 20.5. The molecule has 1 aromatic carbocycles. The Balaban J connectivity index is 1.35. The van der Waals surface area contributed by atoms with Gasteiger partial charge in [0.15, 0.2) is 5.78 Å². The van der Waals surface area contributed by atoms with Crippen LogP contribution in [-0.2, 0) is 13.0 Å². The minimum absolute atomic E-state index is 0.0589. The van der Waals surface area contributed by atoms with E-state index in [0.29, 0.717) is 18.1 Å². The molecule has 3 N–H and O–H groups in total. The van der Waals surface area contributed by atoms with E-state index in [1.165, 1.54) is 0 Å². The summed E-state index contributed by atoms with van der Waals surface area (Å²) in [5.74, 6) is 0.417. The summed E-state index contributed by atoms with van der Waals surface area (Å²) in [5.41, 5.74) is 12.4. The second-order valence-corrected chi connectivity index (χ2v) is 7.65. The van der Waals surface area contributed by atoms with Gasteiger partial charge in [0.05, 0.1) is 29.5 Å². The number of benzene rings is 1. The number of pyridine rings is 1. The lowest BCUT2D eigenvalue weighted by Crippen LogP contribution is -2.04. The van der Waals surface area contributed by atoms with Crippen molar-refractivity contribution in [2.75, 3.05) is 5.73 Å². The van der Waals surface area contributed by atoms with Gasteiger partial charge >= 0.3 is 0 Å². The Morgan fingerprint density at radius 3 is 2.83 bits per heavy atom. The zero-order valence-electron chi connectivity index (χ0n) is 15.8. The van der Waals surface area contributed by atoms with Gasteiger partial charge in [-0.25, -0.2) is 9.97 Å². The fourth-order valence-electron chi connectivity index (χ4n) is 3.32. The largest absolute Gasteiger partial charge is 0.384 e. The monoisotopic (exact) mass is 415 g/mol. The summed E-state index contributed by atoms with van der Waals surface area (Å²) < 4.78 is 1.78. The molecule has 0 fully saturated rings. The first-order valence-corrected chi connectivity index (χ1v) is 10.2. The van der Waals surface area contributed by atoms with Gasteiger partial charge in [-0.3, -0.25) is 14.6 Å². The summed E-state index contributed by atoms with van der Waals surface area (Å²) in [4.78, 5) is 21.2. The summed E-state index contributed by atoms with van der Waals surface area (Å²) in [6.45, 7) is 0.589. The van der Waals surface area contributed by atoms with Crippen LogP contribution in [0.3, 0.4) is 0 Å². The van der Waals surface area contributed by atoms with Crippen LogP contribution in [0.5, 0.6) is 0 Å². The van der Waals surface area contributed by atoms with Crippen LogP contribution in [0.1, 0.15) is 21.7 Å². The van der Waals surface area contributed by atoms with Gasteiger partial charge < -0.3 is 5.73 Å². The number of H-pyrrole nitrogens is 1. The number of nitrogens with one attached hydrogen (secondary N) is 1. The summed E-state index contributed by atoms with van der Waals surface area (Å²) >= 11 is 1.55. The summed E-state index contributed by atoms with van der Waals surface area (Å²) in [7, 11) is 0. The number of carbonyl (C=O) groups is 1. The predicted octanol–water partition coefficient (Wildman–Crippen LogP) is 3.33. The molecule has 30 heavy (non-hydrogen) atoms. The molecule has 0 spiro atoms. The molecule has 148 valence electrons. The van der Waals surface area contributed by atoms with Crippen molar-refractivity contribution in [3.8, 4) is 11.1 Å². The molecule has 0 saturated heterocycles. The number of nitrogens with zero attached hydrogens (tertiary/aromatic N) is 5. The lowest BCUT2D eigenvalue weighted by Gasteiger charge is -2.02. The number of hydrogen-bond donors (Lipinski definition) is 2. The number of hydrogen-bond acceptors (Lipinski definition) is 7. The summed E-state index contributed by atoms with van der Waals surface area (Å²) in [6.07, 6.45) is 5.55. The van der Waals surface area contributed by atoms with Crippen LogP contribution in [0.4, 0.5) is 5.82 Å². The van der Waals surface area contributed by atoms with Gasteiger partial charge in [0.2, 0.25) is 0 Å². The Labute approximate surface area is 175 Å². The number of nitrogen functional groups attached to an aromatic ring is 1. The van der Waals surface area contributed by atoms with E-state index in [9.17, 15) is 4.79 Å². The van der Waals surface area contributed by atoms with E-state index in [1.54, 1.807) is 40.0 Å². The number of rotatable bonds is 6. The van der Waals surface area contributed by atoms with E-state index in [0.717, 1.165) is 33.3 Å². The van der Waals surface area contributed by atoms with Crippen molar-refractivity contribution in [3.05, 3.63) is 76.8 Å². The molecule has 0 atom stereocenters. The SMILES string of the molecule is Nc1ccc(-c2ccc3c(C(=O)Cc4cnn(Cc5cscn5)c4)n[nH]c3c2)cn1. The van der Waals surface area contributed by atoms with Crippen molar-refractivity contribution in [2.45, 2.75) is 13.0 Å². The van der Waals surface area contributed by atoms with Gasteiger partial charge in [-0.05, 0) is 35.4 Å². The third-order valence-corrected chi connectivity index (χ3v) is 5.44. The highest BCUT2D eigenvalue weighted by molar-refractivity contribution is 7.07. The van der Waals surface area contributed by atoms with Crippen LogP contribution >= 0.6 is 11.3 Å². The second kappa shape index (κ2) is 7.53. The Morgan fingerprint density at radius 1 is 1.13 bits per heavy atom. The Hall–Kier alpha value is -3.85. The molecule has 0 aliphatic rings. The van der Waals surface area contributed by atoms with E-state index in [2.05, 4.69) is 25.3 Å². The maximum atomic E-state index is 12.9. The smallest absolute Gasteiger partial charge is 0.188 e. The van der Waals surface area contributed by atoms with E-state index in [-0.39, 0.29) is 12.2 Å². The number of fused-ring (bicyclic) bond motifs is 1. The van der Waals surface area contributed by atoms with E-state index >= 15 is 0 Å². The lowest BCUT2D eigenvalue weighted by molar-refractivity contribution is 0.0989. The fraction of sp³-hybridized carbons (Fsp3) is 0.0952. The molecule has 0 unspecified atom stereocenters. The van der Waals surface area contributed by atoms with Crippen LogP contribution in [0, 0.1) is 0 Å². The number of anilines is 1. The van der Waals surface area contributed by atoms with E-state index in [1.807, 2.05) is 35.8 Å². The molecule has 0 amide bonds. The van der Waals surface area contributed by atoms with Crippen molar-refractivity contribution >= 4 is 33.8 Å². The standard InChI is InChI=1S/C21H17N7OS/c22-20-4-2-15(8-23-20)14-1-3-17-18(6-14)26-27-21(17)19(29)5-13-7-25-28(9-13)10-16-11-30-12-24-16/h1-4,6-9,11-12H,5,10H2,(H2,22,23)(H,26,27). The van der Waals surface area contributed by atoms with E-state index < -0.39 is 0 Å². The van der Waals surface area contributed by atoms with Crippen molar-refractivity contribution < 1.29 is 4.79 Å². The van der Waals surface area contributed by atoms with Crippen molar-refractivity contribution in [1.29, 1.82) is 0 Å². The Bertz CT molecular complexity index is 1320. The number of thiazole rings is 1. The molecule has 0 radical (unpaired) electrons. The average molecular weight is 415 g/mol. The normalized spacial score (nSPS) is 11.2. The first kappa shape index (κ1) is 18.2. The van der Waals surface area contributed by atoms with Crippen molar-refractivity contribution in [2.24, 2.45) is 0 Å². The molecular weight excluding hydrogens is 398 g/mol. The molecule has 8 nitrogen and oxygen atoms in total. The Kier molecular flexibility index (Phi) is 4.56. The van der Waals surface area contributed by atoms with Gasteiger partial charge in [0.1, 0.15) is 11.5 Å². The van der Waals surface area contributed by atoms with Crippen molar-refractivity contribution in [3.63, 3.8) is 0 Å². The molecule has 5 rings (SSSR count). The first-order chi connectivity index (χ1) is 14.7. The molecule has 4 aromatic heterocycles. The second-order valence-electron chi connectivity index (χ2n) is 6.93. The van der Waals surface area contributed by atoms with Crippen LogP contribution in [0.25, 0.3) is 22.0 Å².